The van der Waals surface area contributed by atoms with Crippen molar-refractivity contribution in [2.45, 2.75) is 11.5 Å². The van der Waals surface area contributed by atoms with Crippen molar-refractivity contribution < 1.29 is 13.2 Å². The van der Waals surface area contributed by atoms with Crippen molar-refractivity contribution in [2.24, 2.45) is 12.2 Å². The van der Waals surface area contributed by atoms with E-state index >= 15 is 0 Å². The number of hydrogen-bond acceptors (Lipinski definition) is 4. The summed E-state index contributed by atoms with van der Waals surface area (Å²) in [7, 11) is -1.94. The Labute approximate surface area is 133 Å². The summed E-state index contributed by atoms with van der Waals surface area (Å²) in [6, 6.07) is 4.63. The lowest BCUT2D eigenvalue weighted by Crippen LogP contribution is -2.12. The van der Waals surface area contributed by atoms with Crippen molar-refractivity contribution in [3.63, 3.8) is 0 Å². The van der Waals surface area contributed by atoms with Crippen molar-refractivity contribution in [1.82, 2.24) is 9.78 Å². The maximum absolute atomic E-state index is 11.3. The quantitative estimate of drug-likeness (QED) is 0.814. The molecule has 0 amide bonds. The zero-order chi connectivity index (χ0) is 14.9. The molecule has 1 heterocycles. The summed E-state index contributed by atoms with van der Waals surface area (Å²) in [5.74, 6) is 0.489. The number of nitrogens with zero attached hydrogens (tertiary/aromatic N) is 2. The Hall–Kier alpha value is -0.900. The van der Waals surface area contributed by atoms with E-state index in [-0.39, 0.29) is 11.5 Å². The van der Waals surface area contributed by atoms with Crippen LogP contribution in [-0.4, -0.2) is 18.2 Å². The van der Waals surface area contributed by atoms with E-state index in [9.17, 15) is 8.42 Å². The Morgan fingerprint density at radius 2 is 1.95 bits per heavy atom. The van der Waals surface area contributed by atoms with E-state index in [0.717, 1.165) is 5.69 Å². The number of sulfonamides is 1. The summed E-state index contributed by atoms with van der Waals surface area (Å²) in [5, 5.41) is 9.28. The smallest absolute Gasteiger partial charge is 0.238 e. The number of aryl methyl sites for hydroxylation is 1. The van der Waals surface area contributed by atoms with E-state index in [1.165, 1.54) is 12.1 Å². The molecule has 0 bridgehead atoms. The molecular weight excluding hydrogens is 414 g/mol. The molecule has 0 saturated heterocycles. The molecule has 2 rings (SSSR count). The number of hydrogen-bond donors (Lipinski definition) is 1. The Kier molecular flexibility index (Phi) is 4.52. The first-order valence-electron chi connectivity index (χ1n) is 5.40. The molecule has 0 aliphatic rings. The molecule has 0 unspecified atom stereocenters. The first kappa shape index (κ1) is 15.5. The maximum Gasteiger partial charge on any atom is 0.238 e. The minimum absolute atomic E-state index is 0.00133. The van der Waals surface area contributed by atoms with Crippen LogP contribution in [0.1, 0.15) is 5.69 Å². The third kappa shape index (κ3) is 3.60. The van der Waals surface area contributed by atoms with Crippen LogP contribution in [0.4, 0.5) is 0 Å². The van der Waals surface area contributed by atoms with Crippen molar-refractivity contribution >= 4 is 41.9 Å². The molecule has 0 fully saturated rings. The summed E-state index contributed by atoms with van der Waals surface area (Å²) in [6.45, 7) is 0.271. The van der Waals surface area contributed by atoms with Gasteiger partial charge in [-0.15, -0.1) is 0 Å². The number of ether oxygens (including phenoxy) is 1. The van der Waals surface area contributed by atoms with E-state index in [1.54, 1.807) is 4.68 Å². The number of nitrogens with two attached hydrogens (primary N) is 1. The van der Waals surface area contributed by atoms with Crippen molar-refractivity contribution in [1.29, 1.82) is 0 Å². The van der Waals surface area contributed by atoms with Gasteiger partial charge in [0.25, 0.3) is 0 Å². The summed E-state index contributed by atoms with van der Waals surface area (Å²) in [6.07, 6.45) is 1.81. The molecule has 2 N–H and O–H groups in total. The predicted molar refractivity (Wildman–Crippen MR) is 80.8 cm³/mol. The summed E-state index contributed by atoms with van der Waals surface area (Å²) >= 11 is 6.54. The average Bonchev–Trinajstić information content (AvgIpc) is 2.72. The molecule has 0 saturated carbocycles. The van der Waals surface area contributed by atoms with Gasteiger partial charge in [0.1, 0.15) is 12.4 Å². The van der Waals surface area contributed by atoms with E-state index in [2.05, 4.69) is 37.0 Å². The monoisotopic (exact) mass is 423 g/mol. The van der Waals surface area contributed by atoms with Gasteiger partial charge in [-0.25, -0.2) is 13.6 Å². The van der Waals surface area contributed by atoms with Crippen molar-refractivity contribution in [3.05, 3.63) is 39.0 Å². The number of benzene rings is 1. The molecule has 1 aromatic carbocycles. The largest absolute Gasteiger partial charge is 0.485 e. The van der Waals surface area contributed by atoms with Crippen molar-refractivity contribution in [2.75, 3.05) is 0 Å². The molecular formula is C11H11Br2N3O3S. The second-order valence-electron chi connectivity index (χ2n) is 4.03. The van der Waals surface area contributed by atoms with E-state index in [0.29, 0.717) is 14.7 Å². The van der Waals surface area contributed by atoms with Crippen molar-refractivity contribution in [3.8, 4) is 5.75 Å². The highest BCUT2D eigenvalue weighted by molar-refractivity contribution is 9.11. The fourth-order valence-electron chi connectivity index (χ4n) is 1.53. The van der Waals surface area contributed by atoms with E-state index in [4.69, 9.17) is 9.88 Å². The highest BCUT2D eigenvalue weighted by Crippen LogP contribution is 2.36. The molecule has 9 heteroatoms. The topological polar surface area (TPSA) is 87.2 Å². The summed E-state index contributed by atoms with van der Waals surface area (Å²) in [5.41, 5.74) is 0.766. The molecule has 0 aliphatic heterocycles. The zero-order valence-corrected chi connectivity index (χ0v) is 14.4. The van der Waals surface area contributed by atoms with Gasteiger partial charge >= 0.3 is 0 Å². The minimum atomic E-state index is -3.76. The fraction of sp³-hybridized carbons (Fsp3) is 0.182. The number of primary sulfonamides is 1. The molecule has 0 aliphatic carbocycles. The van der Waals surface area contributed by atoms with Crippen LogP contribution >= 0.6 is 31.9 Å². The Balaban J connectivity index is 2.25. The second-order valence-corrected chi connectivity index (χ2v) is 7.30. The first-order chi connectivity index (χ1) is 9.27. The lowest BCUT2D eigenvalue weighted by Gasteiger charge is -2.10. The van der Waals surface area contributed by atoms with Gasteiger partial charge in [-0.2, -0.15) is 5.10 Å². The van der Waals surface area contributed by atoms with Crippen LogP contribution < -0.4 is 9.88 Å². The van der Waals surface area contributed by atoms with Gasteiger partial charge in [0, 0.05) is 13.2 Å². The first-order valence-corrected chi connectivity index (χ1v) is 8.54. The van der Waals surface area contributed by atoms with Gasteiger partial charge in [0.2, 0.25) is 10.0 Å². The fourth-order valence-corrected chi connectivity index (χ4v) is 3.81. The van der Waals surface area contributed by atoms with Crippen LogP contribution in [0.15, 0.2) is 38.2 Å². The Morgan fingerprint density at radius 1 is 1.35 bits per heavy atom. The van der Waals surface area contributed by atoms with Crippen LogP contribution in [0.5, 0.6) is 5.75 Å². The standard InChI is InChI=1S/C11H11Br2N3O3S/c1-16-3-2-7(15-16)6-19-11-9(12)4-8(5-10(11)13)20(14,17)18/h2-5H,6H2,1H3,(H2,14,17,18). The molecule has 20 heavy (non-hydrogen) atoms. The van der Waals surface area contributed by atoms with Gasteiger partial charge in [0.15, 0.2) is 0 Å². The van der Waals surface area contributed by atoms with Gasteiger partial charge in [-0.3, -0.25) is 4.68 Å². The lowest BCUT2D eigenvalue weighted by atomic mass is 10.3. The highest BCUT2D eigenvalue weighted by Gasteiger charge is 2.15. The van der Waals surface area contributed by atoms with Gasteiger partial charge < -0.3 is 4.74 Å². The Bertz CT molecular complexity index is 720. The minimum Gasteiger partial charge on any atom is -0.485 e. The molecule has 2 aromatic rings. The van der Waals surface area contributed by atoms with Crippen LogP contribution in [0, 0.1) is 0 Å². The molecule has 6 nitrogen and oxygen atoms in total. The number of halogens is 2. The third-order valence-electron chi connectivity index (χ3n) is 2.43. The van der Waals surface area contributed by atoms with Gasteiger partial charge in [0.05, 0.1) is 19.5 Å². The van der Waals surface area contributed by atoms with Crippen LogP contribution in [0.25, 0.3) is 0 Å². The maximum atomic E-state index is 11.3. The molecule has 1 aromatic heterocycles. The number of rotatable bonds is 4. The third-order valence-corrected chi connectivity index (χ3v) is 4.50. The molecule has 0 atom stereocenters. The normalized spacial score (nSPS) is 11.6. The molecule has 0 radical (unpaired) electrons. The average molecular weight is 425 g/mol. The Morgan fingerprint density at radius 3 is 2.40 bits per heavy atom. The second kappa shape index (κ2) is 5.84. The highest BCUT2D eigenvalue weighted by atomic mass is 79.9. The lowest BCUT2D eigenvalue weighted by molar-refractivity contribution is 0.296. The van der Waals surface area contributed by atoms with Gasteiger partial charge in [-0.1, -0.05) is 0 Å². The predicted octanol–water partition coefficient (Wildman–Crippen LogP) is 2.17. The SMILES string of the molecule is Cn1ccc(COc2c(Br)cc(S(N)(=O)=O)cc2Br)n1. The van der Waals surface area contributed by atoms with Gasteiger partial charge in [-0.05, 0) is 50.1 Å². The van der Waals surface area contributed by atoms with Crippen LogP contribution in [-0.2, 0) is 23.7 Å². The van der Waals surface area contributed by atoms with Crippen LogP contribution in [0.2, 0.25) is 0 Å². The summed E-state index contributed by atoms with van der Waals surface area (Å²) < 4.78 is 30.9. The van der Waals surface area contributed by atoms with E-state index in [1.807, 2.05) is 19.3 Å². The number of aromatic nitrogens is 2. The van der Waals surface area contributed by atoms with Crippen LogP contribution in [0.3, 0.4) is 0 Å². The molecule has 108 valence electrons. The summed E-state index contributed by atoms with van der Waals surface area (Å²) in [4.78, 5) is 0.00133. The van der Waals surface area contributed by atoms with E-state index < -0.39 is 10.0 Å². The zero-order valence-electron chi connectivity index (χ0n) is 10.4. The molecule has 0 spiro atoms.